The van der Waals surface area contributed by atoms with Crippen LogP contribution < -0.4 is 10.6 Å². The number of amides is 1. The van der Waals surface area contributed by atoms with E-state index in [0.29, 0.717) is 6.42 Å². The molecule has 0 spiro atoms. The molecular formula is C13H20N2O. The lowest BCUT2D eigenvalue weighted by Gasteiger charge is -2.10. The highest BCUT2D eigenvalue weighted by Gasteiger charge is 2.04. The summed E-state index contributed by atoms with van der Waals surface area (Å²) in [4.78, 5) is 11.6. The third kappa shape index (κ3) is 3.66. The Balaban J connectivity index is 2.53. The molecule has 2 N–H and O–H groups in total. The standard InChI is InChI=1S/C13H20N2O/c1-4-14-9-8-13(16)15-12-7-5-6-10(2)11(12)3/h5-7,14H,4,8-9H2,1-3H3,(H,15,16). The molecule has 0 aliphatic heterocycles. The van der Waals surface area contributed by atoms with Crippen molar-refractivity contribution in [2.75, 3.05) is 18.4 Å². The Labute approximate surface area is 97.2 Å². The maximum Gasteiger partial charge on any atom is 0.225 e. The number of rotatable bonds is 5. The van der Waals surface area contributed by atoms with Crippen LogP contribution in [0.3, 0.4) is 0 Å². The van der Waals surface area contributed by atoms with Crippen LogP contribution in [-0.2, 0) is 4.79 Å². The molecule has 1 aromatic carbocycles. The number of nitrogens with one attached hydrogen (secondary N) is 2. The highest BCUT2D eigenvalue weighted by Crippen LogP contribution is 2.17. The quantitative estimate of drug-likeness (QED) is 0.747. The molecule has 0 bridgehead atoms. The fourth-order valence-electron chi connectivity index (χ4n) is 1.48. The number of anilines is 1. The van der Waals surface area contributed by atoms with Crippen LogP contribution >= 0.6 is 0 Å². The van der Waals surface area contributed by atoms with Crippen molar-refractivity contribution < 1.29 is 4.79 Å². The minimum atomic E-state index is 0.0645. The molecule has 0 aliphatic carbocycles. The van der Waals surface area contributed by atoms with Crippen LogP contribution in [0.4, 0.5) is 5.69 Å². The fourth-order valence-corrected chi connectivity index (χ4v) is 1.48. The number of carbonyl (C=O) groups excluding carboxylic acids is 1. The van der Waals surface area contributed by atoms with Crippen LogP contribution in [0.2, 0.25) is 0 Å². The minimum Gasteiger partial charge on any atom is -0.326 e. The monoisotopic (exact) mass is 220 g/mol. The Hall–Kier alpha value is -1.35. The first-order valence-corrected chi connectivity index (χ1v) is 5.72. The molecule has 0 radical (unpaired) electrons. The predicted octanol–water partition coefficient (Wildman–Crippen LogP) is 2.24. The van der Waals surface area contributed by atoms with Crippen molar-refractivity contribution >= 4 is 11.6 Å². The van der Waals surface area contributed by atoms with E-state index < -0.39 is 0 Å². The zero-order chi connectivity index (χ0) is 12.0. The molecule has 1 aromatic rings. The molecule has 3 nitrogen and oxygen atoms in total. The molecule has 0 fully saturated rings. The van der Waals surface area contributed by atoms with E-state index >= 15 is 0 Å². The summed E-state index contributed by atoms with van der Waals surface area (Å²) < 4.78 is 0. The van der Waals surface area contributed by atoms with E-state index in [1.165, 1.54) is 5.56 Å². The Kier molecular flexibility index (Phi) is 4.99. The van der Waals surface area contributed by atoms with Gasteiger partial charge in [0.25, 0.3) is 0 Å². The van der Waals surface area contributed by atoms with E-state index in [1.807, 2.05) is 39.0 Å². The Morgan fingerprint density at radius 1 is 1.31 bits per heavy atom. The second kappa shape index (κ2) is 6.28. The Morgan fingerprint density at radius 3 is 2.75 bits per heavy atom. The van der Waals surface area contributed by atoms with Crippen molar-refractivity contribution in [1.29, 1.82) is 0 Å². The van der Waals surface area contributed by atoms with Crippen molar-refractivity contribution in [2.45, 2.75) is 27.2 Å². The lowest BCUT2D eigenvalue weighted by molar-refractivity contribution is -0.116. The Morgan fingerprint density at radius 2 is 2.06 bits per heavy atom. The van der Waals surface area contributed by atoms with Crippen molar-refractivity contribution in [3.63, 3.8) is 0 Å². The molecule has 1 amide bonds. The Bertz CT molecular complexity index is 361. The van der Waals surface area contributed by atoms with Gasteiger partial charge >= 0.3 is 0 Å². The molecule has 0 heterocycles. The van der Waals surface area contributed by atoms with Crippen LogP contribution in [0, 0.1) is 13.8 Å². The van der Waals surface area contributed by atoms with Gasteiger partial charge in [0.15, 0.2) is 0 Å². The molecule has 0 saturated carbocycles. The topological polar surface area (TPSA) is 41.1 Å². The summed E-state index contributed by atoms with van der Waals surface area (Å²) in [6.07, 6.45) is 0.515. The van der Waals surface area contributed by atoms with Crippen molar-refractivity contribution in [2.24, 2.45) is 0 Å². The van der Waals surface area contributed by atoms with E-state index in [-0.39, 0.29) is 5.91 Å². The maximum absolute atomic E-state index is 11.6. The van der Waals surface area contributed by atoms with E-state index in [2.05, 4.69) is 10.6 Å². The van der Waals surface area contributed by atoms with Crippen LogP contribution in [-0.4, -0.2) is 19.0 Å². The van der Waals surface area contributed by atoms with E-state index in [0.717, 1.165) is 24.3 Å². The number of aryl methyl sites for hydroxylation is 1. The summed E-state index contributed by atoms with van der Waals surface area (Å²) in [5.41, 5.74) is 3.25. The molecule has 0 atom stereocenters. The molecule has 3 heteroatoms. The van der Waals surface area contributed by atoms with Crippen LogP contribution in [0.25, 0.3) is 0 Å². The molecule has 0 aromatic heterocycles. The van der Waals surface area contributed by atoms with Crippen LogP contribution in [0.1, 0.15) is 24.5 Å². The van der Waals surface area contributed by atoms with Gasteiger partial charge in [-0.15, -0.1) is 0 Å². The van der Waals surface area contributed by atoms with Crippen molar-refractivity contribution in [3.05, 3.63) is 29.3 Å². The van der Waals surface area contributed by atoms with E-state index in [9.17, 15) is 4.79 Å². The second-order valence-corrected chi connectivity index (χ2v) is 3.90. The van der Waals surface area contributed by atoms with Gasteiger partial charge in [-0.05, 0) is 37.6 Å². The molecule has 88 valence electrons. The predicted molar refractivity (Wildman–Crippen MR) is 67.7 cm³/mol. The number of benzene rings is 1. The summed E-state index contributed by atoms with van der Waals surface area (Å²) in [6, 6.07) is 5.94. The molecular weight excluding hydrogens is 200 g/mol. The van der Waals surface area contributed by atoms with Gasteiger partial charge in [0, 0.05) is 18.7 Å². The first-order valence-electron chi connectivity index (χ1n) is 5.72. The smallest absolute Gasteiger partial charge is 0.225 e. The molecule has 0 aliphatic rings. The van der Waals surface area contributed by atoms with Gasteiger partial charge in [-0.1, -0.05) is 19.1 Å². The van der Waals surface area contributed by atoms with Crippen molar-refractivity contribution in [1.82, 2.24) is 5.32 Å². The van der Waals surface area contributed by atoms with Gasteiger partial charge in [0.2, 0.25) is 5.91 Å². The average molecular weight is 220 g/mol. The van der Waals surface area contributed by atoms with Gasteiger partial charge in [-0.25, -0.2) is 0 Å². The molecule has 0 unspecified atom stereocenters. The summed E-state index contributed by atoms with van der Waals surface area (Å²) in [5.74, 6) is 0.0645. The summed E-state index contributed by atoms with van der Waals surface area (Å²) in [6.45, 7) is 7.73. The van der Waals surface area contributed by atoms with Gasteiger partial charge < -0.3 is 10.6 Å². The van der Waals surface area contributed by atoms with E-state index in [4.69, 9.17) is 0 Å². The maximum atomic E-state index is 11.6. The lowest BCUT2D eigenvalue weighted by Crippen LogP contribution is -2.21. The third-order valence-corrected chi connectivity index (χ3v) is 2.66. The van der Waals surface area contributed by atoms with Crippen LogP contribution in [0.5, 0.6) is 0 Å². The molecule has 16 heavy (non-hydrogen) atoms. The van der Waals surface area contributed by atoms with Crippen LogP contribution in [0.15, 0.2) is 18.2 Å². The highest BCUT2D eigenvalue weighted by atomic mass is 16.1. The zero-order valence-electron chi connectivity index (χ0n) is 10.3. The van der Waals surface area contributed by atoms with Crippen molar-refractivity contribution in [3.8, 4) is 0 Å². The fraction of sp³-hybridized carbons (Fsp3) is 0.462. The first-order chi connectivity index (χ1) is 7.65. The number of hydrogen-bond acceptors (Lipinski definition) is 2. The highest BCUT2D eigenvalue weighted by molar-refractivity contribution is 5.91. The lowest BCUT2D eigenvalue weighted by atomic mass is 10.1. The van der Waals surface area contributed by atoms with Gasteiger partial charge in [0.1, 0.15) is 0 Å². The third-order valence-electron chi connectivity index (χ3n) is 2.66. The number of hydrogen-bond donors (Lipinski definition) is 2. The molecule has 0 saturated heterocycles. The number of carbonyl (C=O) groups is 1. The van der Waals surface area contributed by atoms with Gasteiger partial charge in [0.05, 0.1) is 0 Å². The molecule has 1 rings (SSSR count). The summed E-state index contributed by atoms with van der Waals surface area (Å²) in [5, 5.41) is 6.06. The largest absolute Gasteiger partial charge is 0.326 e. The zero-order valence-corrected chi connectivity index (χ0v) is 10.3. The SMILES string of the molecule is CCNCCC(=O)Nc1cccc(C)c1C. The van der Waals surface area contributed by atoms with Gasteiger partial charge in [-0.3, -0.25) is 4.79 Å². The normalized spacial score (nSPS) is 10.2. The summed E-state index contributed by atoms with van der Waals surface area (Å²) >= 11 is 0. The first kappa shape index (κ1) is 12.7. The summed E-state index contributed by atoms with van der Waals surface area (Å²) in [7, 11) is 0. The second-order valence-electron chi connectivity index (χ2n) is 3.90. The van der Waals surface area contributed by atoms with Gasteiger partial charge in [-0.2, -0.15) is 0 Å². The van der Waals surface area contributed by atoms with E-state index in [1.54, 1.807) is 0 Å². The average Bonchev–Trinajstić information content (AvgIpc) is 2.25. The minimum absolute atomic E-state index is 0.0645.